The molecule has 118 valence electrons. The summed E-state index contributed by atoms with van der Waals surface area (Å²) in [5.74, 6) is -0.444. The molecule has 0 rings (SSSR count). The van der Waals surface area contributed by atoms with E-state index in [1.165, 1.54) is 0 Å². The maximum absolute atomic E-state index is 12.3. The van der Waals surface area contributed by atoms with Gasteiger partial charge in [0.2, 0.25) is 0 Å². The molecule has 0 aromatic rings. The van der Waals surface area contributed by atoms with Crippen LogP contribution in [-0.4, -0.2) is 29.0 Å². The summed E-state index contributed by atoms with van der Waals surface area (Å²) in [5.41, 5.74) is -0.190. The number of hydrogen-bond donors (Lipinski definition) is 2. The number of ether oxygens (including phenoxy) is 1. The van der Waals surface area contributed by atoms with Crippen LogP contribution in [0.2, 0.25) is 0 Å². The molecule has 0 aliphatic carbocycles. The fourth-order valence-corrected chi connectivity index (χ4v) is 1.91. The van der Waals surface area contributed by atoms with Gasteiger partial charge in [-0.05, 0) is 26.2 Å². The third kappa shape index (κ3) is 6.18. The molecule has 0 radical (unpaired) electrons. The van der Waals surface area contributed by atoms with Gasteiger partial charge in [-0.15, -0.1) is 0 Å². The van der Waals surface area contributed by atoms with Gasteiger partial charge < -0.3 is 14.5 Å². The Hall–Kier alpha value is -0.680. The summed E-state index contributed by atoms with van der Waals surface area (Å²) in [6, 6.07) is 0. The van der Waals surface area contributed by atoms with Gasteiger partial charge in [-0.25, -0.2) is 4.57 Å². The maximum Gasteiger partial charge on any atom is 0.469 e. The van der Waals surface area contributed by atoms with Crippen molar-refractivity contribution in [2.24, 2.45) is 10.8 Å². The minimum atomic E-state index is -4.52. The zero-order valence-electron chi connectivity index (χ0n) is 13.0. The van der Waals surface area contributed by atoms with Crippen LogP contribution in [0.25, 0.3) is 0 Å². The van der Waals surface area contributed by atoms with Gasteiger partial charge in [0, 0.05) is 0 Å². The zero-order valence-corrected chi connectivity index (χ0v) is 13.9. The average Bonchev–Trinajstić information content (AvgIpc) is 2.19. The van der Waals surface area contributed by atoms with Gasteiger partial charge in [0.1, 0.15) is 6.61 Å². The Morgan fingerprint density at radius 3 is 2.00 bits per heavy atom. The molecule has 0 aliphatic rings. The Bertz CT molecular complexity index is 413. The Morgan fingerprint density at radius 1 is 1.15 bits per heavy atom. The summed E-state index contributed by atoms with van der Waals surface area (Å²) in [5, 5.41) is 0. The SMILES string of the molecule is CC(C)=CC(C)(C(=O)OCCOP(=O)(O)O)C(C)(C)C. The maximum atomic E-state index is 12.3. The highest BCUT2D eigenvalue weighted by molar-refractivity contribution is 7.46. The van der Waals surface area contributed by atoms with E-state index in [9.17, 15) is 9.36 Å². The summed E-state index contributed by atoms with van der Waals surface area (Å²) in [6.45, 7) is 10.8. The first-order chi connectivity index (χ1) is 8.79. The number of phosphoric acid groups is 1. The highest BCUT2D eigenvalue weighted by Gasteiger charge is 2.43. The van der Waals surface area contributed by atoms with Crippen LogP contribution >= 0.6 is 7.82 Å². The lowest BCUT2D eigenvalue weighted by atomic mass is 9.67. The summed E-state index contributed by atoms with van der Waals surface area (Å²) in [6.07, 6.45) is 1.85. The van der Waals surface area contributed by atoms with Gasteiger partial charge in [-0.2, -0.15) is 0 Å². The predicted octanol–water partition coefficient (Wildman–Crippen LogP) is 2.66. The van der Waals surface area contributed by atoms with E-state index >= 15 is 0 Å². The molecule has 0 aromatic carbocycles. The van der Waals surface area contributed by atoms with E-state index in [0.29, 0.717) is 0 Å². The fraction of sp³-hybridized carbons (Fsp3) is 0.769. The molecule has 0 spiro atoms. The van der Waals surface area contributed by atoms with E-state index in [1.54, 1.807) is 6.92 Å². The second-order valence-electron chi connectivity index (χ2n) is 6.13. The third-order valence-electron chi connectivity index (χ3n) is 3.14. The summed E-state index contributed by atoms with van der Waals surface area (Å²) in [4.78, 5) is 29.3. The standard InChI is InChI=1S/C13H25O6P/c1-10(2)9-13(6,12(3,4)5)11(14)18-7-8-19-20(15,16)17/h9H,7-8H2,1-6H3,(H2,15,16,17). The average molecular weight is 308 g/mol. The smallest absolute Gasteiger partial charge is 0.463 e. The first-order valence-corrected chi connectivity index (χ1v) is 7.86. The normalized spacial score (nSPS) is 15.4. The number of phosphoric ester groups is 1. The molecule has 20 heavy (non-hydrogen) atoms. The molecule has 1 unspecified atom stereocenters. The fourth-order valence-electron chi connectivity index (χ4n) is 1.60. The van der Waals surface area contributed by atoms with E-state index in [1.807, 2.05) is 40.7 Å². The molecular formula is C13H25O6P. The van der Waals surface area contributed by atoms with Gasteiger partial charge in [0.05, 0.1) is 12.0 Å². The molecule has 1 atom stereocenters. The molecule has 0 saturated heterocycles. The number of allylic oxidation sites excluding steroid dienone is 1. The van der Waals surface area contributed by atoms with Crippen LogP contribution in [0.4, 0.5) is 0 Å². The first kappa shape index (κ1) is 19.3. The molecule has 7 heteroatoms. The number of carbonyl (C=O) groups is 1. The molecule has 0 bridgehead atoms. The minimum absolute atomic E-state index is 0.202. The van der Waals surface area contributed by atoms with Gasteiger partial charge in [-0.1, -0.05) is 32.4 Å². The van der Waals surface area contributed by atoms with Gasteiger partial charge in [-0.3, -0.25) is 9.32 Å². The van der Waals surface area contributed by atoms with Crippen LogP contribution in [0.1, 0.15) is 41.5 Å². The lowest BCUT2D eigenvalue weighted by Gasteiger charge is -2.37. The van der Waals surface area contributed by atoms with Crippen molar-refractivity contribution < 1.29 is 28.4 Å². The van der Waals surface area contributed by atoms with E-state index in [-0.39, 0.29) is 18.6 Å². The number of hydrogen-bond acceptors (Lipinski definition) is 4. The predicted molar refractivity (Wildman–Crippen MR) is 75.9 cm³/mol. The van der Waals surface area contributed by atoms with Crippen molar-refractivity contribution in [3.8, 4) is 0 Å². The Morgan fingerprint density at radius 2 is 1.65 bits per heavy atom. The van der Waals surface area contributed by atoms with Crippen molar-refractivity contribution in [3.05, 3.63) is 11.6 Å². The van der Waals surface area contributed by atoms with Crippen LogP contribution in [0.5, 0.6) is 0 Å². The number of rotatable bonds is 6. The van der Waals surface area contributed by atoms with Crippen LogP contribution < -0.4 is 0 Å². The molecular weight excluding hydrogens is 283 g/mol. The van der Waals surface area contributed by atoms with Crippen molar-refractivity contribution in [2.45, 2.75) is 41.5 Å². The van der Waals surface area contributed by atoms with Crippen LogP contribution in [0.3, 0.4) is 0 Å². The van der Waals surface area contributed by atoms with E-state index in [4.69, 9.17) is 14.5 Å². The molecule has 0 saturated carbocycles. The molecule has 0 heterocycles. The second-order valence-corrected chi connectivity index (χ2v) is 7.37. The topological polar surface area (TPSA) is 93.1 Å². The van der Waals surface area contributed by atoms with Crippen LogP contribution in [0.15, 0.2) is 11.6 Å². The summed E-state index contributed by atoms with van der Waals surface area (Å²) < 4.78 is 19.8. The van der Waals surface area contributed by atoms with Crippen LogP contribution in [-0.2, 0) is 18.6 Å². The number of carbonyl (C=O) groups excluding carboxylic acids is 1. The first-order valence-electron chi connectivity index (χ1n) is 6.33. The van der Waals surface area contributed by atoms with Crippen molar-refractivity contribution in [1.29, 1.82) is 0 Å². The van der Waals surface area contributed by atoms with E-state index < -0.39 is 19.2 Å². The zero-order chi connectivity index (χ0) is 16.2. The highest BCUT2D eigenvalue weighted by atomic mass is 31.2. The number of esters is 1. The van der Waals surface area contributed by atoms with Crippen LogP contribution in [0, 0.1) is 10.8 Å². The quantitative estimate of drug-likeness (QED) is 0.339. The Kier molecular flexibility index (Phi) is 6.62. The van der Waals surface area contributed by atoms with Crippen molar-refractivity contribution in [1.82, 2.24) is 0 Å². The van der Waals surface area contributed by atoms with Crippen molar-refractivity contribution in [3.63, 3.8) is 0 Å². The molecule has 0 amide bonds. The van der Waals surface area contributed by atoms with Gasteiger partial charge in [0.25, 0.3) is 0 Å². The lowest BCUT2D eigenvalue weighted by Crippen LogP contribution is -2.40. The third-order valence-corrected chi connectivity index (χ3v) is 3.65. The Labute approximate surface area is 120 Å². The molecule has 2 N–H and O–H groups in total. The molecule has 6 nitrogen and oxygen atoms in total. The summed E-state index contributed by atoms with van der Waals surface area (Å²) >= 11 is 0. The summed E-state index contributed by atoms with van der Waals surface area (Å²) in [7, 11) is -4.52. The Balaban J connectivity index is 4.77. The largest absolute Gasteiger partial charge is 0.469 e. The second kappa shape index (κ2) is 6.85. The minimum Gasteiger partial charge on any atom is -0.463 e. The molecule has 0 aromatic heterocycles. The lowest BCUT2D eigenvalue weighted by molar-refractivity contribution is -0.158. The molecule has 0 fully saturated rings. The van der Waals surface area contributed by atoms with E-state index in [0.717, 1.165) is 5.57 Å². The van der Waals surface area contributed by atoms with E-state index in [2.05, 4.69) is 4.52 Å². The highest BCUT2D eigenvalue weighted by Crippen LogP contribution is 2.41. The van der Waals surface area contributed by atoms with Gasteiger partial charge in [0.15, 0.2) is 0 Å². The van der Waals surface area contributed by atoms with Gasteiger partial charge >= 0.3 is 13.8 Å². The van der Waals surface area contributed by atoms with Crippen molar-refractivity contribution >= 4 is 13.8 Å². The molecule has 0 aliphatic heterocycles. The monoisotopic (exact) mass is 308 g/mol. The van der Waals surface area contributed by atoms with Crippen molar-refractivity contribution in [2.75, 3.05) is 13.2 Å².